The molecule has 26 heavy (non-hydrogen) atoms. The van der Waals surface area contributed by atoms with E-state index in [-0.39, 0.29) is 5.91 Å². The van der Waals surface area contributed by atoms with E-state index in [1.807, 2.05) is 0 Å². The highest BCUT2D eigenvalue weighted by Crippen LogP contribution is 2.32. The highest BCUT2D eigenvalue weighted by atomic mass is 16.5. The second-order valence-corrected chi connectivity index (χ2v) is 7.62. The molecule has 5 nitrogen and oxygen atoms in total. The van der Waals surface area contributed by atoms with Crippen LogP contribution < -0.4 is 10.6 Å². The van der Waals surface area contributed by atoms with Gasteiger partial charge in [-0.2, -0.15) is 0 Å². The molecule has 0 radical (unpaired) electrons. The minimum Gasteiger partial charge on any atom is -0.379 e. The van der Waals surface area contributed by atoms with Crippen molar-refractivity contribution in [3.8, 4) is 0 Å². The van der Waals surface area contributed by atoms with E-state index in [0.29, 0.717) is 24.8 Å². The number of amides is 1. The number of anilines is 1. The molecule has 0 unspecified atom stereocenters. The van der Waals surface area contributed by atoms with Gasteiger partial charge >= 0.3 is 0 Å². The highest BCUT2D eigenvalue weighted by molar-refractivity contribution is 5.92. The lowest BCUT2D eigenvalue weighted by Crippen LogP contribution is -2.40. The molecule has 1 saturated heterocycles. The molecule has 0 bridgehead atoms. The first-order valence-corrected chi connectivity index (χ1v) is 9.92. The SMILES string of the molecule is CC(C)c1cccc(C(C)C)c1NC(=O)CCNCCN1CCOCC1. The molecule has 146 valence electrons. The van der Waals surface area contributed by atoms with Crippen molar-refractivity contribution < 1.29 is 9.53 Å². The standard InChI is InChI=1S/C21H35N3O2/c1-16(2)18-6-5-7-19(17(3)4)21(18)23-20(25)8-9-22-10-11-24-12-14-26-15-13-24/h5-7,16-17,22H,8-15H2,1-4H3,(H,23,25). The van der Waals surface area contributed by atoms with Gasteiger partial charge in [-0.05, 0) is 23.0 Å². The summed E-state index contributed by atoms with van der Waals surface area (Å²) in [5.74, 6) is 0.852. The fourth-order valence-corrected chi connectivity index (χ4v) is 3.29. The molecule has 1 aromatic rings. The predicted octanol–water partition coefficient (Wildman–Crippen LogP) is 3.18. The molecule has 1 aliphatic heterocycles. The molecule has 1 fully saturated rings. The molecule has 2 rings (SSSR count). The summed E-state index contributed by atoms with van der Waals surface area (Å²) >= 11 is 0. The average Bonchev–Trinajstić information content (AvgIpc) is 2.62. The van der Waals surface area contributed by atoms with Gasteiger partial charge in [-0.1, -0.05) is 45.9 Å². The van der Waals surface area contributed by atoms with Gasteiger partial charge in [-0.25, -0.2) is 0 Å². The number of benzene rings is 1. The Kier molecular flexibility index (Phi) is 8.55. The van der Waals surface area contributed by atoms with Crippen molar-refractivity contribution in [2.75, 3.05) is 51.3 Å². The molecule has 0 atom stereocenters. The minimum absolute atomic E-state index is 0.0823. The topological polar surface area (TPSA) is 53.6 Å². The van der Waals surface area contributed by atoms with E-state index >= 15 is 0 Å². The van der Waals surface area contributed by atoms with Crippen molar-refractivity contribution in [1.29, 1.82) is 0 Å². The fraction of sp³-hybridized carbons (Fsp3) is 0.667. The van der Waals surface area contributed by atoms with Gasteiger partial charge in [-0.3, -0.25) is 9.69 Å². The number of nitrogens with zero attached hydrogens (tertiary/aromatic N) is 1. The molecule has 2 N–H and O–H groups in total. The quantitative estimate of drug-likeness (QED) is 0.663. The zero-order chi connectivity index (χ0) is 18.9. The van der Waals surface area contributed by atoms with Gasteiger partial charge in [0.15, 0.2) is 0 Å². The van der Waals surface area contributed by atoms with E-state index in [9.17, 15) is 4.79 Å². The molecule has 0 spiro atoms. The molecule has 0 aliphatic carbocycles. The van der Waals surface area contributed by atoms with Crippen molar-refractivity contribution in [2.45, 2.75) is 46.0 Å². The number of para-hydroxylation sites is 1. The molecular weight excluding hydrogens is 326 g/mol. The smallest absolute Gasteiger partial charge is 0.225 e. The maximum absolute atomic E-state index is 12.4. The van der Waals surface area contributed by atoms with Crippen LogP contribution in [0.3, 0.4) is 0 Å². The van der Waals surface area contributed by atoms with Crippen LogP contribution in [0.5, 0.6) is 0 Å². The number of morpholine rings is 1. The third kappa shape index (κ3) is 6.38. The van der Waals surface area contributed by atoms with Crippen LogP contribution in [0.15, 0.2) is 18.2 Å². The van der Waals surface area contributed by atoms with Crippen LogP contribution in [0.25, 0.3) is 0 Å². The van der Waals surface area contributed by atoms with Crippen LogP contribution in [0.2, 0.25) is 0 Å². The number of rotatable bonds is 9. The van der Waals surface area contributed by atoms with Crippen LogP contribution >= 0.6 is 0 Å². The summed E-state index contributed by atoms with van der Waals surface area (Å²) in [6, 6.07) is 6.33. The third-order valence-corrected chi connectivity index (χ3v) is 4.87. The van der Waals surface area contributed by atoms with E-state index in [1.54, 1.807) is 0 Å². The Morgan fingerprint density at radius 1 is 1.08 bits per heavy atom. The summed E-state index contributed by atoms with van der Waals surface area (Å²) in [6.07, 6.45) is 0.493. The van der Waals surface area contributed by atoms with Crippen molar-refractivity contribution in [3.05, 3.63) is 29.3 Å². The summed E-state index contributed by atoms with van der Waals surface area (Å²) in [5.41, 5.74) is 3.44. The van der Waals surface area contributed by atoms with Gasteiger partial charge in [0.1, 0.15) is 0 Å². The predicted molar refractivity (Wildman–Crippen MR) is 108 cm³/mol. The molecular formula is C21H35N3O2. The maximum atomic E-state index is 12.4. The monoisotopic (exact) mass is 361 g/mol. The van der Waals surface area contributed by atoms with Crippen molar-refractivity contribution in [1.82, 2.24) is 10.2 Å². The van der Waals surface area contributed by atoms with E-state index in [1.165, 1.54) is 11.1 Å². The van der Waals surface area contributed by atoms with Gasteiger partial charge < -0.3 is 15.4 Å². The van der Waals surface area contributed by atoms with Gasteiger partial charge in [0.2, 0.25) is 5.91 Å². The van der Waals surface area contributed by atoms with Crippen molar-refractivity contribution in [2.24, 2.45) is 0 Å². The van der Waals surface area contributed by atoms with Crippen LogP contribution in [-0.4, -0.2) is 56.7 Å². The first-order valence-electron chi connectivity index (χ1n) is 9.92. The second kappa shape index (κ2) is 10.7. The number of carbonyl (C=O) groups excluding carboxylic acids is 1. The van der Waals surface area contributed by atoms with E-state index in [4.69, 9.17) is 4.74 Å². The average molecular weight is 362 g/mol. The van der Waals surface area contributed by atoms with Gasteiger partial charge in [0.25, 0.3) is 0 Å². The lowest BCUT2D eigenvalue weighted by Gasteiger charge is -2.26. The maximum Gasteiger partial charge on any atom is 0.225 e. The summed E-state index contributed by atoms with van der Waals surface area (Å²) in [5, 5.41) is 6.56. The van der Waals surface area contributed by atoms with Gasteiger partial charge in [0.05, 0.1) is 13.2 Å². The lowest BCUT2D eigenvalue weighted by molar-refractivity contribution is -0.116. The molecule has 1 heterocycles. The number of hydrogen-bond donors (Lipinski definition) is 2. The Balaban J connectivity index is 1.80. The van der Waals surface area contributed by atoms with Crippen molar-refractivity contribution in [3.63, 3.8) is 0 Å². The lowest BCUT2D eigenvalue weighted by atomic mass is 9.92. The number of carbonyl (C=O) groups is 1. The molecule has 1 amide bonds. The molecule has 0 saturated carbocycles. The Bertz CT molecular complexity index is 540. The van der Waals surface area contributed by atoms with Gasteiger partial charge in [0, 0.05) is 44.8 Å². The van der Waals surface area contributed by atoms with E-state index in [2.05, 4.69) is 61.4 Å². The van der Waals surface area contributed by atoms with Crippen LogP contribution in [0.4, 0.5) is 5.69 Å². The third-order valence-electron chi connectivity index (χ3n) is 4.87. The van der Waals surface area contributed by atoms with E-state index < -0.39 is 0 Å². The Hall–Kier alpha value is -1.43. The summed E-state index contributed by atoms with van der Waals surface area (Å²) in [7, 11) is 0. The summed E-state index contributed by atoms with van der Waals surface area (Å²) in [4.78, 5) is 14.8. The van der Waals surface area contributed by atoms with Crippen LogP contribution in [-0.2, 0) is 9.53 Å². The fourth-order valence-electron chi connectivity index (χ4n) is 3.29. The molecule has 1 aliphatic rings. The minimum atomic E-state index is 0.0823. The summed E-state index contributed by atoms with van der Waals surface area (Å²) < 4.78 is 5.35. The first-order chi connectivity index (χ1) is 12.5. The number of ether oxygens (including phenoxy) is 1. The van der Waals surface area contributed by atoms with Gasteiger partial charge in [-0.15, -0.1) is 0 Å². The number of hydrogen-bond acceptors (Lipinski definition) is 4. The van der Waals surface area contributed by atoms with Crippen LogP contribution in [0.1, 0.15) is 57.1 Å². The molecule has 0 aromatic heterocycles. The zero-order valence-electron chi connectivity index (χ0n) is 16.8. The Morgan fingerprint density at radius 2 is 1.69 bits per heavy atom. The van der Waals surface area contributed by atoms with Crippen molar-refractivity contribution >= 4 is 11.6 Å². The second-order valence-electron chi connectivity index (χ2n) is 7.62. The highest BCUT2D eigenvalue weighted by Gasteiger charge is 2.15. The Morgan fingerprint density at radius 3 is 2.27 bits per heavy atom. The Labute approximate surface area is 158 Å². The number of nitrogens with one attached hydrogen (secondary N) is 2. The van der Waals surface area contributed by atoms with Crippen LogP contribution in [0, 0.1) is 0 Å². The van der Waals surface area contributed by atoms with E-state index in [0.717, 1.165) is 45.1 Å². The molecule has 5 heteroatoms. The zero-order valence-corrected chi connectivity index (χ0v) is 16.8. The summed E-state index contributed by atoms with van der Waals surface area (Å²) in [6.45, 7) is 15.0. The first kappa shape index (κ1) is 20.9. The normalized spacial score (nSPS) is 15.6. The largest absolute Gasteiger partial charge is 0.379 e. The molecule has 1 aromatic carbocycles.